The van der Waals surface area contributed by atoms with E-state index in [9.17, 15) is 15.0 Å². The predicted molar refractivity (Wildman–Crippen MR) is 49.9 cm³/mol. The van der Waals surface area contributed by atoms with Crippen LogP contribution in [0.4, 0.5) is 0 Å². The Hall–Kier alpha value is -1.03. The molecule has 0 aliphatic heterocycles. The normalized spacial score (nSPS) is 9.60. The van der Waals surface area contributed by atoms with Crippen LogP contribution in [0.1, 0.15) is 10.4 Å². The van der Waals surface area contributed by atoms with E-state index < -0.39 is 5.97 Å². The predicted octanol–water partition coefficient (Wildman–Crippen LogP) is -2.09. The standard InChI is InChI=1S/C11H8O3.Na/c12-10-4-3-7-5-9(11(13)14)2-1-8(7)6-10;/h1-6,12H,(H,13,14);/q;+1/p-1. The summed E-state index contributed by atoms with van der Waals surface area (Å²) in [6.45, 7) is 0. The van der Waals surface area contributed by atoms with Crippen LogP contribution in [0.25, 0.3) is 10.8 Å². The molecule has 70 valence electrons. The molecule has 0 saturated carbocycles. The summed E-state index contributed by atoms with van der Waals surface area (Å²) in [6, 6.07) is 9.37. The van der Waals surface area contributed by atoms with Crippen LogP contribution in [0.5, 0.6) is 5.75 Å². The molecule has 0 bridgehead atoms. The Morgan fingerprint density at radius 3 is 2.33 bits per heavy atom. The summed E-state index contributed by atoms with van der Waals surface area (Å²) in [5.74, 6) is -1.03. The number of carboxylic acid groups (broad SMARTS) is 1. The first kappa shape index (κ1) is 12.0. The van der Waals surface area contributed by atoms with E-state index in [-0.39, 0.29) is 40.9 Å². The molecule has 2 aromatic rings. The van der Waals surface area contributed by atoms with Crippen molar-refractivity contribution >= 4 is 16.7 Å². The molecule has 1 N–H and O–H groups in total. The second kappa shape index (κ2) is 4.66. The van der Waals surface area contributed by atoms with Gasteiger partial charge in [0.1, 0.15) is 5.75 Å². The Kier molecular flexibility index (Phi) is 3.74. The van der Waals surface area contributed by atoms with Gasteiger partial charge < -0.3 is 15.0 Å². The van der Waals surface area contributed by atoms with Gasteiger partial charge in [0.2, 0.25) is 0 Å². The van der Waals surface area contributed by atoms with E-state index in [2.05, 4.69) is 0 Å². The summed E-state index contributed by atoms with van der Waals surface area (Å²) in [5, 5.41) is 21.3. The van der Waals surface area contributed by atoms with E-state index in [1.54, 1.807) is 18.2 Å². The molecular weight excluding hydrogens is 203 g/mol. The summed E-state index contributed by atoms with van der Waals surface area (Å²) < 4.78 is 0. The van der Waals surface area contributed by atoms with Crippen molar-refractivity contribution in [2.75, 3.05) is 0 Å². The van der Waals surface area contributed by atoms with Gasteiger partial charge >= 0.3 is 29.6 Å². The molecule has 0 saturated heterocycles. The van der Waals surface area contributed by atoms with E-state index in [0.717, 1.165) is 10.8 Å². The molecule has 3 nitrogen and oxygen atoms in total. The maximum Gasteiger partial charge on any atom is 1.00 e. The Balaban J connectivity index is 0.00000112. The third kappa shape index (κ3) is 2.50. The number of carbonyl (C=O) groups is 1. The van der Waals surface area contributed by atoms with Gasteiger partial charge in [-0.15, -0.1) is 0 Å². The van der Waals surface area contributed by atoms with E-state index in [1.165, 1.54) is 18.2 Å². The van der Waals surface area contributed by atoms with Gasteiger partial charge in [-0.05, 0) is 34.5 Å². The molecule has 0 atom stereocenters. The van der Waals surface area contributed by atoms with E-state index >= 15 is 0 Å². The number of aromatic hydroxyl groups is 1. The summed E-state index contributed by atoms with van der Waals surface area (Å²) in [6.07, 6.45) is 0. The largest absolute Gasteiger partial charge is 1.00 e. The second-order valence-corrected chi connectivity index (χ2v) is 3.03. The molecular formula is C11H7NaO3. The maximum absolute atomic E-state index is 10.6. The maximum atomic E-state index is 10.6. The number of hydrogen-bond donors (Lipinski definition) is 1. The van der Waals surface area contributed by atoms with Gasteiger partial charge in [-0.1, -0.05) is 18.2 Å². The van der Waals surface area contributed by atoms with E-state index in [1.807, 2.05) is 0 Å². The second-order valence-electron chi connectivity index (χ2n) is 3.03. The van der Waals surface area contributed by atoms with Crippen molar-refractivity contribution < 1.29 is 44.6 Å². The molecule has 2 aromatic carbocycles. The van der Waals surface area contributed by atoms with Gasteiger partial charge in [0.25, 0.3) is 0 Å². The summed E-state index contributed by atoms with van der Waals surface area (Å²) >= 11 is 0. The van der Waals surface area contributed by atoms with Gasteiger partial charge in [-0.25, -0.2) is 0 Å². The quantitative estimate of drug-likeness (QED) is 0.549. The van der Waals surface area contributed by atoms with Crippen molar-refractivity contribution in [3.8, 4) is 5.75 Å². The molecule has 0 unspecified atom stereocenters. The number of phenols is 1. The molecule has 15 heavy (non-hydrogen) atoms. The van der Waals surface area contributed by atoms with Gasteiger partial charge in [0, 0.05) is 0 Å². The molecule has 0 spiro atoms. The zero-order valence-corrected chi connectivity index (χ0v) is 10.2. The smallest absolute Gasteiger partial charge is 0.545 e. The van der Waals surface area contributed by atoms with E-state index in [0.29, 0.717) is 0 Å². The minimum atomic E-state index is -1.19. The average molecular weight is 210 g/mol. The number of fused-ring (bicyclic) bond motifs is 1. The minimum Gasteiger partial charge on any atom is -0.545 e. The number of hydrogen-bond acceptors (Lipinski definition) is 3. The number of aromatic carboxylic acids is 1. The third-order valence-corrected chi connectivity index (χ3v) is 2.06. The van der Waals surface area contributed by atoms with Crippen molar-refractivity contribution in [2.45, 2.75) is 0 Å². The Morgan fingerprint density at radius 2 is 1.67 bits per heavy atom. The molecule has 4 heteroatoms. The van der Waals surface area contributed by atoms with Gasteiger partial charge in [0.05, 0.1) is 5.97 Å². The fourth-order valence-corrected chi connectivity index (χ4v) is 1.36. The van der Waals surface area contributed by atoms with Crippen molar-refractivity contribution in [3.63, 3.8) is 0 Å². The minimum absolute atomic E-state index is 0. The van der Waals surface area contributed by atoms with Crippen LogP contribution in [0, 0.1) is 0 Å². The Bertz CT molecular complexity index is 508. The van der Waals surface area contributed by atoms with Crippen LogP contribution in [-0.4, -0.2) is 11.1 Å². The first-order valence-electron chi connectivity index (χ1n) is 4.11. The van der Waals surface area contributed by atoms with E-state index in [4.69, 9.17) is 0 Å². The molecule has 0 aromatic heterocycles. The average Bonchev–Trinajstić information content (AvgIpc) is 2.16. The van der Waals surface area contributed by atoms with Crippen molar-refractivity contribution in [2.24, 2.45) is 0 Å². The zero-order chi connectivity index (χ0) is 10.1. The molecule has 0 aliphatic carbocycles. The van der Waals surface area contributed by atoms with Crippen LogP contribution < -0.4 is 34.7 Å². The van der Waals surface area contributed by atoms with Crippen LogP contribution in [0.2, 0.25) is 0 Å². The Morgan fingerprint density at radius 1 is 1.07 bits per heavy atom. The molecule has 0 aliphatic rings. The Labute approximate surface area is 109 Å². The number of rotatable bonds is 1. The molecule has 0 amide bonds. The van der Waals surface area contributed by atoms with Crippen molar-refractivity contribution in [1.29, 1.82) is 0 Å². The summed E-state index contributed by atoms with van der Waals surface area (Å²) in [5.41, 5.74) is 0.142. The summed E-state index contributed by atoms with van der Waals surface area (Å²) in [4.78, 5) is 10.6. The fourth-order valence-electron chi connectivity index (χ4n) is 1.36. The molecule has 2 rings (SSSR count). The topological polar surface area (TPSA) is 60.4 Å². The fraction of sp³-hybridized carbons (Fsp3) is 0. The number of phenolic OH excluding ortho intramolecular Hbond substituents is 1. The van der Waals surface area contributed by atoms with Crippen LogP contribution in [0.3, 0.4) is 0 Å². The molecule has 0 heterocycles. The third-order valence-electron chi connectivity index (χ3n) is 2.06. The van der Waals surface area contributed by atoms with Crippen LogP contribution >= 0.6 is 0 Å². The number of carboxylic acids is 1. The first-order chi connectivity index (χ1) is 6.66. The van der Waals surface area contributed by atoms with Crippen LogP contribution in [0.15, 0.2) is 36.4 Å². The SMILES string of the molecule is O=C([O-])c1ccc2cc(O)ccc2c1.[Na+]. The number of benzene rings is 2. The zero-order valence-electron chi connectivity index (χ0n) is 8.23. The molecule has 0 radical (unpaired) electrons. The monoisotopic (exact) mass is 210 g/mol. The van der Waals surface area contributed by atoms with Crippen molar-refractivity contribution in [1.82, 2.24) is 0 Å². The van der Waals surface area contributed by atoms with Gasteiger partial charge in [-0.3, -0.25) is 0 Å². The van der Waals surface area contributed by atoms with Gasteiger partial charge in [-0.2, -0.15) is 0 Å². The van der Waals surface area contributed by atoms with Crippen LogP contribution in [-0.2, 0) is 0 Å². The first-order valence-corrected chi connectivity index (χ1v) is 4.11. The number of carbonyl (C=O) groups excluding carboxylic acids is 1. The summed E-state index contributed by atoms with van der Waals surface area (Å²) in [7, 11) is 0. The van der Waals surface area contributed by atoms with Crippen molar-refractivity contribution in [3.05, 3.63) is 42.0 Å². The molecule has 0 fully saturated rings. The van der Waals surface area contributed by atoms with Gasteiger partial charge in [0.15, 0.2) is 0 Å².